The summed E-state index contributed by atoms with van der Waals surface area (Å²) >= 11 is 0. The standard InChI is InChI=1S/C13H13F3N2O2S/c1-9-6-7-11(17-9)10-4-2-3-5-12(10)18-21(19,20)8-13(14,15)16/h2-7,17-18H,8H2,1H3. The number of nitrogens with one attached hydrogen (secondary N) is 2. The number of rotatable bonds is 4. The molecule has 2 rings (SSSR count). The van der Waals surface area contributed by atoms with Crippen LogP contribution in [0.5, 0.6) is 0 Å². The number of hydrogen-bond donors (Lipinski definition) is 2. The molecule has 0 radical (unpaired) electrons. The number of alkyl halides is 3. The number of halogens is 3. The average Bonchev–Trinajstić information content (AvgIpc) is 2.72. The molecule has 0 unspecified atom stereocenters. The molecule has 0 fully saturated rings. The minimum absolute atomic E-state index is 0.101. The molecule has 0 spiro atoms. The Labute approximate surface area is 120 Å². The fourth-order valence-corrected chi connectivity index (χ4v) is 2.90. The van der Waals surface area contributed by atoms with E-state index in [1.807, 2.05) is 11.6 Å². The van der Waals surface area contributed by atoms with Gasteiger partial charge in [0.25, 0.3) is 0 Å². The van der Waals surface area contributed by atoms with Gasteiger partial charge in [-0.25, -0.2) is 8.42 Å². The van der Waals surface area contributed by atoms with Crippen molar-refractivity contribution in [1.82, 2.24) is 4.98 Å². The monoisotopic (exact) mass is 318 g/mol. The summed E-state index contributed by atoms with van der Waals surface area (Å²) in [7, 11) is -4.50. The number of H-pyrrole nitrogens is 1. The molecular formula is C13H13F3N2O2S. The van der Waals surface area contributed by atoms with Crippen molar-refractivity contribution in [3.8, 4) is 11.3 Å². The first-order chi connectivity index (χ1) is 9.66. The van der Waals surface area contributed by atoms with E-state index in [9.17, 15) is 21.6 Å². The lowest BCUT2D eigenvalue weighted by Crippen LogP contribution is -2.28. The molecule has 4 nitrogen and oxygen atoms in total. The molecule has 0 aliphatic heterocycles. The molecule has 8 heteroatoms. The van der Waals surface area contributed by atoms with Crippen LogP contribution in [0.1, 0.15) is 5.69 Å². The quantitative estimate of drug-likeness (QED) is 0.908. The Morgan fingerprint density at radius 3 is 2.38 bits per heavy atom. The van der Waals surface area contributed by atoms with E-state index in [0.29, 0.717) is 11.3 Å². The van der Waals surface area contributed by atoms with Crippen molar-refractivity contribution in [2.75, 3.05) is 10.5 Å². The van der Waals surface area contributed by atoms with Crippen molar-refractivity contribution >= 4 is 15.7 Å². The van der Waals surface area contributed by atoms with Gasteiger partial charge in [-0.2, -0.15) is 13.2 Å². The van der Waals surface area contributed by atoms with Crippen LogP contribution in [0.3, 0.4) is 0 Å². The normalized spacial score (nSPS) is 12.4. The van der Waals surface area contributed by atoms with Crippen molar-refractivity contribution in [2.45, 2.75) is 13.1 Å². The lowest BCUT2D eigenvalue weighted by atomic mass is 10.1. The van der Waals surface area contributed by atoms with Gasteiger partial charge in [0.1, 0.15) is 0 Å². The van der Waals surface area contributed by atoms with E-state index >= 15 is 0 Å². The van der Waals surface area contributed by atoms with Crippen LogP contribution in [0.4, 0.5) is 18.9 Å². The first-order valence-corrected chi connectivity index (χ1v) is 7.64. The van der Waals surface area contributed by atoms with Crippen LogP contribution >= 0.6 is 0 Å². The molecule has 21 heavy (non-hydrogen) atoms. The number of hydrogen-bond acceptors (Lipinski definition) is 2. The molecule has 0 aliphatic carbocycles. The Hall–Kier alpha value is -1.96. The second-order valence-electron chi connectivity index (χ2n) is 4.58. The van der Waals surface area contributed by atoms with Gasteiger partial charge in [-0.3, -0.25) is 4.72 Å². The highest BCUT2D eigenvalue weighted by molar-refractivity contribution is 7.92. The number of aromatic amines is 1. The fraction of sp³-hybridized carbons (Fsp3) is 0.231. The van der Waals surface area contributed by atoms with E-state index in [0.717, 1.165) is 5.69 Å². The maximum atomic E-state index is 12.3. The molecule has 0 bridgehead atoms. The first kappa shape index (κ1) is 15.4. The minimum atomic E-state index is -4.79. The van der Waals surface area contributed by atoms with Crippen LogP contribution in [0.2, 0.25) is 0 Å². The van der Waals surface area contributed by atoms with Gasteiger partial charge >= 0.3 is 6.18 Å². The van der Waals surface area contributed by atoms with Gasteiger partial charge in [0.15, 0.2) is 5.75 Å². The van der Waals surface area contributed by atoms with Gasteiger partial charge in [0.05, 0.1) is 5.69 Å². The lowest BCUT2D eigenvalue weighted by molar-refractivity contribution is -0.106. The molecule has 0 saturated heterocycles. The highest BCUT2D eigenvalue weighted by Crippen LogP contribution is 2.28. The average molecular weight is 318 g/mol. The number of aromatic nitrogens is 1. The molecule has 114 valence electrons. The van der Waals surface area contributed by atoms with Crippen molar-refractivity contribution in [1.29, 1.82) is 0 Å². The summed E-state index contributed by atoms with van der Waals surface area (Å²) in [6.45, 7) is 1.82. The van der Waals surface area contributed by atoms with Crippen LogP contribution in [0, 0.1) is 6.92 Å². The summed E-state index contributed by atoms with van der Waals surface area (Å²) in [5, 5.41) is 0. The zero-order chi connectivity index (χ0) is 15.7. The molecule has 0 atom stereocenters. The second-order valence-corrected chi connectivity index (χ2v) is 6.30. The molecule has 2 aromatic rings. The molecule has 1 aromatic carbocycles. The van der Waals surface area contributed by atoms with Gasteiger partial charge in [0.2, 0.25) is 10.0 Å². The number of benzene rings is 1. The topological polar surface area (TPSA) is 62.0 Å². The Kier molecular flexibility index (Phi) is 3.99. The first-order valence-electron chi connectivity index (χ1n) is 5.98. The summed E-state index contributed by atoms with van der Waals surface area (Å²) in [5.41, 5.74) is 2.07. The third-order valence-corrected chi connectivity index (χ3v) is 3.91. The number of aryl methyl sites for hydroxylation is 1. The van der Waals surface area contributed by atoms with Crippen molar-refractivity contribution in [3.63, 3.8) is 0 Å². The van der Waals surface area contributed by atoms with E-state index in [-0.39, 0.29) is 5.69 Å². The summed E-state index contributed by atoms with van der Waals surface area (Å²) in [6.07, 6.45) is -4.79. The van der Waals surface area contributed by atoms with Crippen LogP contribution < -0.4 is 4.72 Å². The van der Waals surface area contributed by atoms with Gasteiger partial charge < -0.3 is 4.98 Å². The van der Waals surface area contributed by atoms with Crippen LogP contribution in [0.15, 0.2) is 36.4 Å². The Balaban J connectivity index is 2.34. The van der Waals surface area contributed by atoms with Gasteiger partial charge in [0, 0.05) is 17.0 Å². The molecule has 1 aromatic heterocycles. The zero-order valence-electron chi connectivity index (χ0n) is 11.0. The largest absolute Gasteiger partial charge is 0.404 e. The predicted molar refractivity (Wildman–Crippen MR) is 74.4 cm³/mol. The van der Waals surface area contributed by atoms with Crippen molar-refractivity contribution < 1.29 is 21.6 Å². The third kappa shape index (κ3) is 4.25. The Morgan fingerprint density at radius 1 is 1.14 bits per heavy atom. The summed E-state index contributed by atoms with van der Waals surface area (Å²) in [4.78, 5) is 3.01. The van der Waals surface area contributed by atoms with Gasteiger partial charge in [-0.1, -0.05) is 18.2 Å². The second kappa shape index (κ2) is 5.44. The fourth-order valence-electron chi connectivity index (χ4n) is 1.89. The smallest absolute Gasteiger partial charge is 0.359 e. The Bertz CT molecular complexity index is 736. The predicted octanol–water partition coefficient (Wildman–Crippen LogP) is 3.29. The molecule has 1 heterocycles. The van der Waals surface area contributed by atoms with E-state index in [2.05, 4.69) is 4.98 Å². The van der Waals surface area contributed by atoms with E-state index in [1.165, 1.54) is 6.07 Å². The zero-order valence-corrected chi connectivity index (χ0v) is 11.8. The van der Waals surface area contributed by atoms with Gasteiger partial charge in [-0.05, 0) is 25.1 Å². The number of anilines is 1. The molecular weight excluding hydrogens is 305 g/mol. The molecule has 0 amide bonds. The highest BCUT2D eigenvalue weighted by Gasteiger charge is 2.35. The van der Waals surface area contributed by atoms with Crippen molar-refractivity contribution in [2.24, 2.45) is 0 Å². The highest BCUT2D eigenvalue weighted by atomic mass is 32.2. The molecule has 0 saturated carbocycles. The molecule has 0 aliphatic rings. The summed E-state index contributed by atoms with van der Waals surface area (Å²) < 4.78 is 61.9. The summed E-state index contributed by atoms with van der Waals surface area (Å²) in [5.74, 6) is -1.92. The van der Waals surface area contributed by atoms with Crippen molar-refractivity contribution in [3.05, 3.63) is 42.1 Å². The maximum Gasteiger partial charge on any atom is 0.404 e. The summed E-state index contributed by atoms with van der Waals surface area (Å²) in [6, 6.07) is 9.77. The van der Waals surface area contributed by atoms with E-state index in [4.69, 9.17) is 0 Å². The van der Waals surface area contributed by atoms with Crippen LogP contribution in [-0.2, 0) is 10.0 Å². The SMILES string of the molecule is Cc1ccc(-c2ccccc2NS(=O)(=O)CC(F)(F)F)[nH]1. The minimum Gasteiger partial charge on any atom is -0.359 e. The maximum absolute atomic E-state index is 12.3. The van der Waals surface area contributed by atoms with Crippen LogP contribution in [-0.4, -0.2) is 25.3 Å². The number of sulfonamides is 1. The van der Waals surface area contributed by atoms with Crippen LogP contribution in [0.25, 0.3) is 11.3 Å². The molecule has 2 N–H and O–H groups in total. The third-order valence-electron chi connectivity index (χ3n) is 2.67. The Morgan fingerprint density at radius 2 is 1.81 bits per heavy atom. The van der Waals surface area contributed by atoms with E-state index in [1.54, 1.807) is 30.3 Å². The number of para-hydroxylation sites is 1. The lowest BCUT2D eigenvalue weighted by Gasteiger charge is -2.13. The van der Waals surface area contributed by atoms with E-state index < -0.39 is 22.0 Å². The van der Waals surface area contributed by atoms with Gasteiger partial charge in [-0.15, -0.1) is 0 Å².